The van der Waals surface area contributed by atoms with Crippen molar-refractivity contribution in [3.05, 3.63) is 81.8 Å². The first-order valence-electron chi connectivity index (χ1n) is 11.7. The molecular formula is C25H20ClN7O4. The Labute approximate surface area is 215 Å². The normalized spacial score (nSPS) is 14.3. The first-order chi connectivity index (χ1) is 18.0. The molecule has 0 unspecified atom stereocenters. The molecule has 37 heavy (non-hydrogen) atoms. The van der Waals surface area contributed by atoms with Crippen LogP contribution in [-0.2, 0) is 0 Å². The van der Waals surface area contributed by atoms with Crippen molar-refractivity contribution >= 4 is 45.7 Å². The quantitative estimate of drug-likeness (QED) is 0.253. The highest BCUT2D eigenvalue weighted by molar-refractivity contribution is 6.31. The number of anilines is 1. The fourth-order valence-electron chi connectivity index (χ4n) is 4.69. The topological polar surface area (TPSA) is 123 Å². The zero-order chi connectivity index (χ0) is 25.5. The number of carbonyl (C=O) groups excluding carboxylic acids is 1. The maximum Gasteiger partial charge on any atom is 0.280 e. The van der Waals surface area contributed by atoms with Gasteiger partial charge in [0.25, 0.3) is 11.6 Å². The van der Waals surface area contributed by atoms with E-state index in [2.05, 4.69) is 15.1 Å². The molecule has 1 aliphatic heterocycles. The van der Waals surface area contributed by atoms with Crippen molar-refractivity contribution in [3.63, 3.8) is 0 Å². The number of hydrogen-bond acceptors (Lipinski definition) is 8. The van der Waals surface area contributed by atoms with Crippen molar-refractivity contribution in [3.8, 4) is 11.4 Å². The molecule has 0 atom stereocenters. The fraction of sp³-hybridized carbons (Fsp3) is 0.200. The Hall–Kier alpha value is -4.51. The molecule has 12 heteroatoms. The fourth-order valence-corrected chi connectivity index (χ4v) is 4.86. The summed E-state index contributed by atoms with van der Waals surface area (Å²) in [5.41, 5.74) is 1.91. The lowest BCUT2D eigenvalue weighted by molar-refractivity contribution is -0.384. The summed E-state index contributed by atoms with van der Waals surface area (Å²) in [6.45, 7) is 2.14. The Morgan fingerprint density at radius 3 is 2.73 bits per heavy atom. The molecule has 0 bridgehead atoms. The molecule has 3 aromatic heterocycles. The summed E-state index contributed by atoms with van der Waals surface area (Å²) in [4.78, 5) is 33.0. The van der Waals surface area contributed by atoms with Gasteiger partial charge in [-0.25, -0.2) is 9.38 Å². The average molecular weight is 518 g/mol. The minimum Gasteiger partial charge on any atom is -0.472 e. The molecule has 0 radical (unpaired) electrons. The van der Waals surface area contributed by atoms with Gasteiger partial charge < -0.3 is 14.2 Å². The van der Waals surface area contributed by atoms with Gasteiger partial charge in [0.2, 0.25) is 5.95 Å². The van der Waals surface area contributed by atoms with Crippen LogP contribution in [0.5, 0.6) is 0 Å². The minimum atomic E-state index is -0.435. The molecule has 5 aromatic rings. The molecule has 1 aliphatic rings. The van der Waals surface area contributed by atoms with Crippen LogP contribution in [0.1, 0.15) is 16.8 Å². The summed E-state index contributed by atoms with van der Waals surface area (Å²) < 4.78 is 6.83. The third-order valence-corrected chi connectivity index (χ3v) is 6.70. The van der Waals surface area contributed by atoms with Crippen LogP contribution in [0.15, 0.2) is 65.5 Å². The van der Waals surface area contributed by atoms with E-state index in [0.29, 0.717) is 71.7 Å². The Kier molecular flexibility index (Phi) is 5.68. The average Bonchev–Trinajstić information content (AvgIpc) is 3.53. The first kappa shape index (κ1) is 22.9. The first-order valence-corrected chi connectivity index (χ1v) is 12.0. The van der Waals surface area contributed by atoms with Crippen LogP contribution in [0.25, 0.3) is 27.9 Å². The highest BCUT2D eigenvalue weighted by Gasteiger charge is 2.27. The number of carbonyl (C=O) groups is 1. The van der Waals surface area contributed by atoms with Crippen LogP contribution in [0.2, 0.25) is 5.02 Å². The van der Waals surface area contributed by atoms with E-state index in [0.717, 1.165) is 5.39 Å². The lowest BCUT2D eigenvalue weighted by atomic mass is 10.1. The second-order valence-corrected chi connectivity index (χ2v) is 9.11. The van der Waals surface area contributed by atoms with Crippen molar-refractivity contribution in [1.29, 1.82) is 0 Å². The van der Waals surface area contributed by atoms with Gasteiger partial charge in [-0.2, -0.15) is 0 Å². The predicted octanol–water partition coefficient (Wildman–Crippen LogP) is 4.45. The van der Waals surface area contributed by atoms with Crippen molar-refractivity contribution in [2.24, 2.45) is 0 Å². The summed E-state index contributed by atoms with van der Waals surface area (Å²) in [6, 6.07) is 13.4. The van der Waals surface area contributed by atoms with E-state index >= 15 is 0 Å². The Bertz CT molecular complexity index is 1650. The number of nitrogens with zero attached hydrogens (tertiary/aromatic N) is 7. The zero-order valence-electron chi connectivity index (χ0n) is 19.5. The monoisotopic (exact) mass is 517 g/mol. The lowest BCUT2D eigenvalue weighted by Gasteiger charge is -2.24. The van der Waals surface area contributed by atoms with E-state index in [-0.39, 0.29) is 11.6 Å². The molecule has 2 aromatic carbocycles. The van der Waals surface area contributed by atoms with Crippen LogP contribution in [0, 0.1) is 10.1 Å². The maximum absolute atomic E-state index is 12.9. The number of para-hydroxylation sites is 1. The predicted molar refractivity (Wildman–Crippen MR) is 137 cm³/mol. The van der Waals surface area contributed by atoms with Crippen molar-refractivity contribution < 1.29 is 14.1 Å². The van der Waals surface area contributed by atoms with Gasteiger partial charge in [0.1, 0.15) is 6.26 Å². The third-order valence-electron chi connectivity index (χ3n) is 6.46. The zero-order valence-corrected chi connectivity index (χ0v) is 20.2. The molecule has 1 fully saturated rings. The van der Waals surface area contributed by atoms with Gasteiger partial charge in [0.15, 0.2) is 11.5 Å². The number of rotatable bonds is 4. The molecule has 186 valence electrons. The summed E-state index contributed by atoms with van der Waals surface area (Å²) in [5, 5.41) is 21.8. The molecule has 6 rings (SSSR count). The molecule has 1 amide bonds. The third kappa shape index (κ3) is 4.02. The number of amides is 1. The number of hydrogen-bond donors (Lipinski definition) is 0. The van der Waals surface area contributed by atoms with Crippen LogP contribution in [0.3, 0.4) is 0 Å². The minimum absolute atomic E-state index is 0.0771. The molecule has 11 nitrogen and oxygen atoms in total. The van der Waals surface area contributed by atoms with E-state index in [4.69, 9.17) is 21.0 Å². The largest absolute Gasteiger partial charge is 0.472 e. The number of nitro groups is 1. The van der Waals surface area contributed by atoms with Gasteiger partial charge in [-0.05, 0) is 36.8 Å². The van der Waals surface area contributed by atoms with Crippen molar-refractivity contribution in [2.75, 3.05) is 31.1 Å². The number of halogens is 1. The van der Waals surface area contributed by atoms with E-state index in [9.17, 15) is 14.9 Å². The smallest absolute Gasteiger partial charge is 0.280 e. The summed E-state index contributed by atoms with van der Waals surface area (Å²) in [6.07, 6.45) is 3.62. The summed E-state index contributed by atoms with van der Waals surface area (Å²) in [5.74, 6) is 0.752. The molecule has 0 aliphatic carbocycles. The van der Waals surface area contributed by atoms with Gasteiger partial charge in [-0.1, -0.05) is 23.7 Å². The van der Waals surface area contributed by atoms with Crippen LogP contribution >= 0.6 is 11.6 Å². The molecule has 0 spiro atoms. The van der Waals surface area contributed by atoms with Gasteiger partial charge in [0.05, 0.1) is 27.8 Å². The molecule has 1 saturated heterocycles. The standard InChI is InChI=1S/C25H20ClN7O4/c26-17-6-7-18-20(14-17)27-25(31-10-3-9-30(11-12-31)24(34)16-8-13-37-15-16)32-22(18)28-29-23(32)19-4-1-2-5-21(19)33(35)36/h1-2,4-8,13-15H,3,9-12H2. The number of fused-ring (bicyclic) bond motifs is 3. The summed E-state index contributed by atoms with van der Waals surface area (Å²) >= 11 is 6.27. The van der Waals surface area contributed by atoms with Gasteiger partial charge in [0, 0.05) is 42.7 Å². The van der Waals surface area contributed by atoms with E-state index in [1.54, 1.807) is 45.7 Å². The number of nitro benzene ring substituents is 1. The number of aromatic nitrogens is 4. The number of furan rings is 1. The highest BCUT2D eigenvalue weighted by atomic mass is 35.5. The Morgan fingerprint density at radius 1 is 1.05 bits per heavy atom. The van der Waals surface area contributed by atoms with Crippen LogP contribution in [0.4, 0.5) is 11.6 Å². The maximum atomic E-state index is 12.9. The van der Waals surface area contributed by atoms with Gasteiger partial charge in [-0.15, -0.1) is 10.2 Å². The molecule has 0 N–H and O–H groups in total. The van der Waals surface area contributed by atoms with E-state index in [1.165, 1.54) is 18.6 Å². The lowest BCUT2D eigenvalue weighted by Crippen LogP contribution is -2.35. The van der Waals surface area contributed by atoms with Crippen LogP contribution < -0.4 is 4.90 Å². The van der Waals surface area contributed by atoms with E-state index < -0.39 is 4.92 Å². The summed E-state index contributed by atoms with van der Waals surface area (Å²) in [7, 11) is 0. The molecule has 0 saturated carbocycles. The van der Waals surface area contributed by atoms with Crippen LogP contribution in [-0.4, -0.2) is 61.5 Å². The Morgan fingerprint density at radius 2 is 1.92 bits per heavy atom. The Balaban J connectivity index is 1.48. The van der Waals surface area contributed by atoms with Crippen molar-refractivity contribution in [1.82, 2.24) is 24.5 Å². The SMILES string of the molecule is O=C(c1ccoc1)N1CCCN(c2nc3cc(Cl)ccc3c3nnc(-c4ccccc4[N+](=O)[O-])n23)CC1. The highest BCUT2D eigenvalue weighted by Crippen LogP contribution is 2.33. The molecule has 4 heterocycles. The van der Waals surface area contributed by atoms with E-state index in [1.807, 2.05) is 6.07 Å². The van der Waals surface area contributed by atoms with Gasteiger partial charge >= 0.3 is 0 Å². The number of benzene rings is 2. The second-order valence-electron chi connectivity index (χ2n) is 8.67. The van der Waals surface area contributed by atoms with Gasteiger partial charge in [-0.3, -0.25) is 14.9 Å². The van der Waals surface area contributed by atoms with Crippen molar-refractivity contribution in [2.45, 2.75) is 6.42 Å². The second kappa shape index (κ2) is 9.17. The molecular weight excluding hydrogens is 498 g/mol.